The van der Waals surface area contributed by atoms with Gasteiger partial charge in [-0.25, -0.2) is 9.97 Å². The number of hydrazine groups is 2. The predicted octanol–water partition coefficient (Wildman–Crippen LogP) is 1.50. The molecule has 3 rings (SSSR count). The Labute approximate surface area is 161 Å². The van der Waals surface area contributed by atoms with Crippen LogP contribution in [0.1, 0.15) is 15.9 Å². The van der Waals surface area contributed by atoms with Gasteiger partial charge in [-0.15, -0.1) is 0 Å². The molecule has 6 N–H and O–H groups in total. The van der Waals surface area contributed by atoms with E-state index in [1.807, 2.05) is 36.4 Å². The van der Waals surface area contributed by atoms with Crippen LogP contribution in [0.15, 0.2) is 67.0 Å². The number of carbonyl (C=O) groups excluding carboxylic acids is 2. The molecule has 9 heteroatoms. The zero-order chi connectivity index (χ0) is 19.8. The second kappa shape index (κ2) is 8.99. The molecule has 0 saturated heterocycles. The molecular weight excluding hydrogens is 358 g/mol. The monoisotopic (exact) mass is 377 g/mol. The highest BCUT2D eigenvalue weighted by Gasteiger charge is 2.11. The second-order valence-electron chi connectivity index (χ2n) is 5.77. The molecule has 0 radical (unpaired) electrons. The van der Waals surface area contributed by atoms with Crippen LogP contribution in [0.5, 0.6) is 0 Å². The fourth-order valence-corrected chi connectivity index (χ4v) is 2.33. The number of nitrogens with two attached hydrogens (primary N) is 1. The fraction of sp³-hybridized carbons (Fsp3) is 0.0526. The fourth-order valence-electron chi connectivity index (χ4n) is 2.33. The van der Waals surface area contributed by atoms with Crippen molar-refractivity contribution in [3.8, 4) is 0 Å². The van der Waals surface area contributed by atoms with E-state index in [4.69, 9.17) is 5.73 Å². The van der Waals surface area contributed by atoms with Gasteiger partial charge in [-0.05, 0) is 17.7 Å². The van der Waals surface area contributed by atoms with Crippen molar-refractivity contribution in [3.05, 3.63) is 78.1 Å². The van der Waals surface area contributed by atoms with E-state index in [-0.39, 0.29) is 35.6 Å². The van der Waals surface area contributed by atoms with Crippen molar-refractivity contribution in [2.45, 2.75) is 6.42 Å². The van der Waals surface area contributed by atoms with Gasteiger partial charge in [-0.1, -0.05) is 48.5 Å². The van der Waals surface area contributed by atoms with E-state index >= 15 is 0 Å². The van der Waals surface area contributed by atoms with Crippen molar-refractivity contribution in [2.75, 3.05) is 16.6 Å². The number of amides is 2. The SMILES string of the molecule is Nc1c(NNC(=O)Cc2ccccc2)ncnc1NNC(=O)c1ccccc1. The van der Waals surface area contributed by atoms with E-state index in [2.05, 4.69) is 31.7 Å². The highest BCUT2D eigenvalue weighted by atomic mass is 16.2. The third-order valence-electron chi connectivity index (χ3n) is 3.74. The Balaban J connectivity index is 1.56. The molecule has 2 aromatic carbocycles. The molecule has 0 aliphatic rings. The molecule has 1 aromatic heterocycles. The van der Waals surface area contributed by atoms with Gasteiger partial charge in [0, 0.05) is 5.56 Å². The molecule has 0 spiro atoms. The molecule has 142 valence electrons. The van der Waals surface area contributed by atoms with Crippen LogP contribution in [-0.2, 0) is 11.2 Å². The minimum atomic E-state index is -0.343. The van der Waals surface area contributed by atoms with E-state index in [1.54, 1.807) is 24.3 Å². The Kier molecular flexibility index (Phi) is 5.99. The van der Waals surface area contributed by atoms with Crippen LogP contribution in [0.4, 0.5) is 17.3 Å². The first-order valence-corrected chi connectivity index (χ1v) is 8.44. The summed E-state index contributed by atoms with van der Waals surface area (Å²) in [5.41, 5.74) is 17.8. The van der Waals surface area contributed by atoms with E-state index < -0.39 is 0 Å². The molecule has 3 aromatic rings. The minimum Gasteiger partial charge on any atom is -0.393 e. The summed E-state index contributed by atoms with van der Waals surface area (Å²) in [5.74, 6) is -0.202. The van der Waals surface area contributed by atoms with Gasteiger partial charge in [-0.3, -0.25) is 31.3 Å². The number of nitrogens with one attached hydrogen (secondary N) is 4. The molecule has 0 aliphatic heterocycles. The van der Waals surface area contributed by atoms with Crippen LogP contribution in [0.3, 0.4) is 0 Å². The van der Waals surface area contributed by atoms with Crippen LogP contribution in [0, 0.1) is 0 Å². The van der Waals surface area contributed by atoms with Crippen LogP contribution in [0.25, 0.3) is 0 Å². The summed E-state index contributed by atoms with van der Waals surface area (Å²) in [6, 6.07) is 18.0. The molecule has 9 nitrogen and oxygen atoms in total. The lowest BCUT2D eigenvalue weighted by atomic mass is 10.1. The van der Waals surface area contributed by atoms with Crippen molar-refractivity contribution in [3.63, 3.8) is 0 Å². The summed E-state index contributed by atoms with van der Waals surface area (Å²) in [6.07, 6.45) is 1.45. The van der Waals surface area contributed by atoms with Gasteiger partial charge >= 0.3 is 0 Å². The minimum absolute atomic E-state index is 0.135. The molecule has 0 saturated carbocycles. The zero-order valence-corrected chi connectivity index (χ0v) is 14.8. The first-order chi connectivity index (χ1) is 13.6. The summed E-state index contributed by atoms with van der Waals surface area (Å²) in [4.78, 5) is 32.1. The van der Waals surface area contributed by atoms with Gasteiger partial charge in [0.1, 0.15) is 12.0 Å². The number of nitrogen functional groups attached to an aromatic ring is 1. The Morgan fingerprint density at radius 3 is 2.04 bits per heavy atom. The summed E-state index contributed by atoms with van der Waals surface area (Å²) >= 11 is 0. The standard InChI is InChI=1S/C19H19N7O2/c20-16-17(24-23-15(27)11-13-7-3-1-4-8-13)21-12-22-18(16)25-26-19(28)14-9-5-2-6-10-14/h1-10,12H,11,20H2,(H,23,27)(H,26,28)(H2,21,22,24,25). The summed E-state index contributed by atoms with van der Waals surface area (Å²) in [7, 11) is 0. The van der Waals surface area contributed by atoms with Gasteiger partial charge in [0.2, 0.25) is 5.91 Å². The second-order valence-corrected chi connectivity index (χ2v) is 5.77. The maximum atomic E-state index is 12.1. The normalized spacial score (nSPS) is 10.0. The van der Waals surface area contributed by atoms with Crippen molar-refractivity contribution >= 4 is 29.1 Å². The Morgan fingerprint density at radius 2 is 1.39 bits per heavy atom. The number of benzene rings is 2. The molecule has 0 unspecified atom stereocenters. The highest BCUT2D eigenvalue weighted by Crippen LogP contribution is 2.20. The quantitative estimate of drug-likeness (QED) is 0.394. The summed E-state index contributed by atoms with van der Waals surface area (Å²) in [5, 5.41) is 0. The molecule has 0 aliphatic carbocycles. The highest BCUT2D eigenvalue weighted by molar-refractivity contribution is 5.95. The Hall–Kier alpha value is -4.14. The first kappa shape index (κ1) is 18.6. The third-order valence-corrected chi connectivity index (χ3v) is 3.74. The number of nitrogens with zero attached hydrogens (tertiary/aromatic N) is 2. The zero-order valence-electron chi connectivity index (χ0n) is 14.8. The van der Waals surface area contributed by atoms with Crippen LogP contribution in [0.2, 0.25) is 0 Å². The van der Waals surface area contributed by atoms with E-state index in [0.29, 0.717) is 5.56 Å². The Bertz CT molecular complexity index is 949. The van der Waals surface area contributed by atoms with Crippen LogP contribution >= 0.6 is 0 Å². The molecule has 0 atom stereocenters. The maximum absolute atomic E-state index is 12.1. The number of hydrogen-bond acceptors (Lipinski definition) is 7. The van der Waals surface area contributed by atoms with Crippen molar-refractivity contribution in [1.29, 1.82) is 0 Å². The van der Waals surface area contributed by atoms with Gasteiger partial charge in [0.25, 0.3) is 5.91 Å². The molecule has 2 amide bonds. The van der Waals surface area contributed by atoms with Gasteiger partial charge < -0.3 is 5.73 Å². The van der Waals surface area contributed by atoms with Crippen molar-refractivity contribution in [1.82, 2.24) is 20.8 Å². The largest absolute Gasteiger partial charge is 0.393 e. The average Bonchev–Trinajstić information content (AvgIpc) is 2.73. The lowest BCUT2D eigenvalue weighted by Gasteiger charge is -2.13. The van der Waals surface area contributed by atoms with Gasteiger partial charge in [0.05, 0.1) is 6.42 Å². The predicted molar refractivity (Wildman–Crippen MR) is 106 cm³/mol. The molecule has 0 fully saturated rings. The number of hydrogen-bond donors (Lipinski definition) is 5. The molecule has 0 bridgehead atoms. The van der Waals surface area contributed by atoms with Crippen molar-refractivity contribution in [2.24, 2.45) is 0 Å². The van der Waals surface area contributed by atoms with Gasteiger partial charge in [0.15, 0.2) is 11.6 Å². The number of anilines is 3. The smallest absolute Gasteiger partial charge is 0.269 e. The van der Waals surface area contributed by atoms with E-state index in [9.17, 15) is 9.59 Å². The first-order valence-electron chi connectivity index (χ1n) is 8.44. The lowest BCUT2D eigenvalue weighted by molar-refractivity contribution is -0.119. The third kappa shape index (κ3) is 4.94. The lowest BCUT2D eigenvalue weighted by Crippen LogP contribution is -2.33. The molecular formula is C19H19N7O2. The Morgan fingerprint density at radius 1 is 0.821 bits per heavy atom. The molecule has 28 heavy (non-hydrogen) atoms. The van der Waals surface area contributed by atoms with Crippen LogP contribution in [-0.4, -0.2) is 21.8 Å². The topological polar surface area (TPSA) is 134 Å². The summed E-state index contributed by atoms with van der Waals surface area (Å²) in [6.45, 7) is 0. The maximum Gasteiger partial charge on any atom is 0.269 e. The number of carbonyl (C=O) groups is 2. The van der Waals surface area contributed by atoms with Gasteiger partial charge in [-0.2, -0.15) is 0 Å². The van der Waals surface area contributed by atoms with E-state index in [0.717, 1.165) is 5.56 Å². The van der Waals surface area contributed by atoms with Crippen LogP contribution < -0.4 is 27.4 Å². The average molecular weight is 377 g/mol. The molecule has 1 heterocycles. The van der Waals surface area contributed by atoms with Crippen molar-refractivity contribution < 1.29 is 9.59 Å². The number of rotatable bonds is 7. The summed E-state index contributed by atoms with van der Waals surface area (Å²) < 4.78 is 0. The number of aromatic nitrogens is 2. The van der Waals surface area contributed by atoms with E-state index in [1.165, 1.54) is 6.33 Å².